The summed E-state index contributed by atoms with van der Waals surface area (Å²) in [6, 6.07) is 7.45. The number of hydrogen-bond donors (Lipinski definition) is 1. The molecular formula is C9H11N5. The van der Waals surface area contributed by atoms with Crippen LogP contribution in [0.5, 0.6) is 0 Å². The topological polar surface area (TPSA) is 69.6 Å². The van der Waals surface area contributed by atoms with Gasteiger partial charge >= 0.3 is 0 Å². The molecule has 14 heavy (non-hydrogen) atoms. The van der Waals surface area contributed by atoms with Gasteiger partial charge in [0.25, 0.3) is 0 Å². The minimum absolute atomic E-state index is 0.736. The van der Waals surface area contributed by atoms with Gasteiger partial charge in [-0.1, -0.05) is 6.92 Å². The van der Waals surface area contributed by atoms with Crippen LogP contribution in [0.25, 0.3) is 5.69 Å². The van der Waals surface area contributed by atoms with E-state index in [9.17, 15) is 0 Å². The summed E-state index contributed by atoms with van der Waals surface area (Å²) in [7, 11) is 0. The Morgan fingerprint density at radius 1 is 1.29 bits per heavy atom. The van der Waals surface area contributed by atoms with Gasteiger partial charge in [0, 0.05) is 12.1 Å². The molecule has 2 N–H and O–H groups in total. The Labute approximate surface area is 81.5 Å². The van der Waals surface area contributed by atoms with Crippen LogP contribution in [0.1, 0.15) is 12.7 Å². The van der Waals surface area contributed by atoms with Gasteiger partial charge in [0.2, 0.25) is 0 Å². The monoisotopic (exact) mass is 189 g/mol. The summed E-state index contributed by atoms with van der Waals surface area (Å²) in [4.78, 5) is 0. The van der Waals surface area contributed by atoms with Gasteiger partial charge in [0.15, 0.2) is 5.82 Å². The molecule has 1 aromatic carbocycles. The van der Waals surface area contributed by atoms with E-state index in [0.29, 0.717) is 0 Å². The summed E-state index contributed by atoms with van der Waals surface area (Å²) < 4.78 is 1.71. The van der Waals surface area contributed by atoms with E-state index in [1.54, 1.807) is 4.68 Å². The van der Waals surface area contributed by atoms with Crippen LogP contribution in [-0.2, 0) is 6.42 Å². The maximum Gasteiger partial charge on any atom is 0.156 e. The van der Waals surface area contributed by atoms with Crippen LogP contribution < -0.4 is 5.73 Å². The van der Waals surface area contributed by atoms with Crippen molar-refractivity contribution in [2.75, 3.05) is 5.73 Å². The smallest absolute Gasteiger partial charge is 0.156 e. The van der Waals surface area contributed by atoms with Crippen molar-refractivity contribution in [2.24, 2.45) is 0 Å². The quantitative estimate of drug-likeness (QED) is 0.709. The zero-order valence-corrected chi connectivity index (χ0v) is 7.88. The van der Waals surface area contributed by atoms with Crippen molar-refractivity contribution >= 4 is 5.69 Å². The Hall–Kier alpha value is -1.91. The van der Waals surface area contributed by atoms with Crippen LogP contribution in [0, 0.1) is 0 Å². The molecule has 5 nitrogen and oxygen atoms in total. The summed E-state index contributed by atoms with van der Waals surface area (Å²) >= 11 is 0. The van der Waals surface area contributed by atoms with Gasteiger partial charge in [0.1, 0.15) is 0 Å². The second-order valence-electron chi connectivity index (χ2n) is 2.95. The second-order valence-corrected chi connectivity index (χ2v) is 2.95. The molecule has 0 saturated heterocycles. The lowest BCUT2D eigenvalue weighted by atomic mass is 10.3. The zero-order chi connectivity index (χ0) is 9.97. The van der Waals surface area contributed by atoms with Gasteiger partial charge in [-0.25, -0.2) is 0 Å². The van der Waals surface area contributed by atoms with Crippen LogP contribution >= 0.6 is 0 Å². The number of anilines is 1. The van der Waals surface area contributed by atoms with Crippen LogP contribution in [0.2, 0.25) is 0 Å². The van der Waals surface area contributed by atoms with Crippen molar-refractivity contribution in [2.45, 2.75) is 13.3 Å². The van der Waals surface area contributed by atoms with Crippen molar-refractivity contribution in [1.29, 1.82) is 0 Å². The van der Waals surface area contributed by atoms with Gasteiger partial charge in [0.05, 0.1) is 5.69 Å². The molecule has 0 amide bonds. The largest absolute Gasteiger partial charge is 0.399 e. The first-order valence-electron chi connectivity index (χ1n) is 4.44. The standard InChI is InChI=1S/C9H11N5/c1-2-9-11-12-13-14(9)8-5-3-7(10)4-6-8/h3-6H,2,10H2,1H3. The number of aryl methyl sites for hydroxylation is 1. The molecule has 0 unspecified atom stereocenters. The first kappa shape index (κ1) is 8.68. The Morgan fingerprint density at radius 3 is 2.64 bits per heavy atom. The number of tetrazole rings is 1. The molecule has 0 saturated carbocycles. The highest BCUT2D eigenvalue weighted by Crippen LogP contribution is 2.10. The third-order valence-electron chi connectivity index (χ3n) is 1.99. The molecule has 72 valence electrons. The predicted octanol–water partition coefficient (Wildman–Crippen LogP) is 0.807. The summed E-state index contributed by atoms with van der Waals surface area (Å²) in [6.07, 6.45) is 0.803. The van der Waals surface area contributed by atoms with E-state index in [-0.39, 0.29) is 0 Å². The Kier molecular flexibility index (Phi) is 2.14. The Morgan fingerprint density at radius 2 is 2.00 bits per heavy atom. The molecule has 0 radical (unpaired) electrons. The van der Waals surface area contributed by atoms with Crippen molar-refractivity contribution in [3.05, 3.63) is 30.1 Å². The first-order chi connectivity index (χ1) is 6.81. The van der Waals surface area contributed by atoms with E-state index < -0.39 is 0 Å². The van der Waals surface area contributed by atoms with Crippen LogP contribution in [0.4, 0.5) is 5.69 Å². The van der Waals surface area contributed by atoms with E-state index >= 15 is 0 Å². The molecule has 0 bridgehead atoms. The Bertz CT molecular complexity index is 417. The summed E-state index contributed by atoms with van der Waals surface area (Å²) in [6.45, 7) is 2.01. The van der Waals surface area contributed by atoms with Gasteiger partial charge in [-0.3, -0.25) is 0 Å². The molecule has 2 aromatic rings. The highest BCUT2D eigenvalue weighted by Gasteiger charge is 2.04. The molecule has 2 rings (SSSR count). The summed E-state index contributed by atoms with van der Waals surface area (Å²) in [5.41, 5.74) is 7.26. The minimum Gasteiger partial charge on any atom is -0.399 e. The van der Waals surface area contributed by atoms with E-state index in [1.807, 2.05) is 31.2 Å². The average molecular weight is 189 g/mol. The number of rotatable bonds is 2. The molecule has 0 spiro atoms. The lowest BCUT2D eigenvalue weighted by molar-refractivity contribution is 0.766. The molecule has 0 fully saturated rings. The number of benzene rings is 1. The molecule has 5 heteroatoms. The third kappa shape index (κ3) is 1.44. The van der Waals surface area contributed by atoms with Crippen LogP contribution in [0.3, 0.4) is 0 Å². The predicted molar refractivity (Wildman–Crippen MR) is 52.9 cm³/mol. The highest BCUT2D eigenvalue weighted by atomic mass is 15.5. The van der Waals surface area contributed by atoms with E-state index in [0.717, 1.165) is 23.6 Å². The molecular weight excluding hydrogens is 178 g/mol. The summed E-state index contributed by atoms with van der Waals surface area (Å²) in [5, 5.41) is 11.4. The van der Waals surface area contributed by atoms with Gasteiger partial charge in [-0.05, 0) is 34.7 Å². The first-order valence-corrected chi connectivity index (χ1v) is 4.44. The van der Waals surface area contributed by atoms with Gasteiger partial charge < -0.3 is 5.73 Å². The maximum atomic E-state index is 5.59. The highest BCUT2D eigenvalue weighted by molar-refractivity contribution is 5.44. The van der Waals surface area contributed by atoms with Gasteiger partial charge in [-0.2, -0.15) is 4.68 Å². The fraction of sp³-hybridized carbons (Fsp3) is 0.222. The fourth-order valence-corrected chi connectivity index (χ4v) is 1.24. The minimum atomic E-state index is 0.736. The number of nitrogens with two attached hydrogens (primary N) is 1. The SMILES string of the molecule is CCc1nnnn1-c1ccc(N)cc1. The van der Waals surface area contributed by atoms with Crippen LogP contribution in [0.15, 0.2) is 24.3 Å². The van der Waals surface area contributed by atoms with Crippen molar-refractivity contribution in [3.63, 3.8) is 0 Å². The lowest BCUT2D eigenvalue weighted by Gasteiger charge is -2.02. The van der Waals surface area contributed by atoms with Crippen molar-refractivity contribution < 1.29 is 0 Å². The van der Waals surface area contributed by atoms with Crippen LogP contribution in [-0.4, -0.2) is 20.2 Å². The molecule has 0 aliphatic heterocycles. The second kappa shape index (κ2) is 3.45. The number of hydrogen-bond acceptors (Lipinski definition) is 4. The summed E-state index contributed by atoms with van der Waals surface area (Å²) in [5.74, 6) is 0.842. The average Bonchev–Trinajstić information content (AvgIpc) is 2.67. The van der Waals surface area contributed by atoms with Crippen molar-refractivity contribution in [3.8, 4) is 5.69 Å². The molecule has 0 aliphatic carbocycles. The number of nitrogen functional groups attached to an aromatic ring is 1. The zero-order valence-electron chi connectivity index (χ0n) is 7.88. The van der Waals surface area contributed by atoms with E-state index in [1.165, 1.54) is 0 Å². The van der Waals surface area contributed by atoms with E-state index in [2.05, 4.69) is 15.5 Å². The normalized spacial score (nSPS) is 10.4. The van der Waals surface area contributed by atoms with Crippen molar-refractivity contribution in [1.82, 2.24) is 20.2 Å². The number of aromatic nitrogens is 4. The number of nitrogens with zero attached hydrogens (tertiary/aromatic N) is 4. The molecule has 0 aliphatic rings. The fourth-order valence-electron chi connectivity index (χ4n) is 1.24. The van der Waals surface area contributed by atoms with Gasteiger partial charge in [-0.15, -0.1) is 5.10 Å². The molecule has 1 aromatic heterocycles. The third-order valence-corrected chi connectivity index (χ3v) is 1.99. The maximum absolute atomic E-state index is 5.59. The van der Waals surface area contributed by atoms with E-state index in [4.69, 9.17) is 5.73 Å². The molecule has 0 atom stereocenters. The Balaban J connectivity index is 2.44. The molecule has 1 heterocycles. The lowest BCUT2D eigenvalue weighted by Crippen LogP contribution is -2.02.